The molecule has 0 radical (unpaired) electrons. The minimum atomic E-state index is -4.77. The molecule has 2 N–H and O–H groups in total. The Labute approximate surface area is 141 Å². The molecule has 1 amide bonds. The average Bonchev–Trinajstić information content (AvgIpc) is 3.00. The van der Waals surface area contributed by atoms with Crippen LogP contribution in [0.2, 0.25) is 0 Å². The molecule has 2 aliphatic rings. The zero-order chi connectivity index (χ0) is 18.6. The van der Waals surface area contributed by atoms with E-state index in [1.165, 1.54) is 0 Å². The number of primary amides is 1. The van der Waals surface area contributed by atoms with E-state index < -0.39 is 47.5 Å². The third kappa shape index (κ3) is 3.37. The first-order valence-corrected chi connectivity index (χ1v) is 8.27. The predicted molar refractivity (Wildman–Crippen MR) is 79.2 cm³/mol. The molecule has 1 heterocycles. The molecule has 9 heteroatoms. The summed E-state index contributed by atoms with van der Waals surface area (Å²) >= 11 is 0. The lowest BCUT2D eigenvalue weighted by molar-refractivity contribution is -0.160. The number of carbonyl (C=O) groups is 1. The second kappa shape index (κ2) is 5.67. The van der Waals surface area contributed by atoms with Crippen molar-refractivity contribution in [1.29, 1.82) is 0 Å². The second-order valence-electron chi connectivity index (χ2n) is 7.63. The SMILES string of the molecule is CC1(Cn2nc(C3CCCC3)c(C(F)(F)F)c2C(N)=O)CC(F)(F)C1. The van der Waals surface area contributed by atoms with Crippen LogP contribution in [0.3, 0.4) is 0 Å². The Balaban J connectivity index is 2.04. The number of rotatable bonds is 4. The molecule has 2 aliphatic carbocycles. The molecule has 4 nitrogen and oxygen atoms in total. The highest BCUT2D eigenvalue weighted by Gasteiger charge is 2.54. The highest BCUT2D eigenvalue weighted by atomic mass is 19.4. The molecule has 2 fully saturated rings. The molecular formula is C16H20F5N3O. The molecule has 0 aromatic carbocycles. The lowest BCUT2D eigenvalue weighted by Gasteiger charge is -2.44. The first-order chi connectivity index (χ1) is 11.4. The summed E-state index contributed by atoms with van der Waals surface area (Å²) in [7, 11) is 0. The molecule has 0 atom stereocenters. The second-order valence-corrected chi connectivity index (χ2v) is 7.63. The fourth-order valence-electron chi connectivity index (χ4n) is 4.28. The summed E-state index contributed by atoms with van der Waals surface area (Å²) in [6.07, 6.45) is -2.95. The molecule has 1 aromatic heterocycles. The molecule has 0 bridgehead atoms. The van der Waals surface area contributed by atoms with Gasteiger partial charge in [0, 0.05) is 25.3 Å². The first-order valence-electron chi connectivity index (χ1n) is 8.27. The summed E-state index contributed by atoms with van der Waals surface area (Å²) < 4.78 is 68.2. The van der Waals surface area contributed by atoms with Crippen LogP contribution in [0.15, 0.2) is 0 Å². The zero-order valence-corrected chi connectivity index (χ0v) is 13.8. The van der Waals surface area contributed by atoms with Gasteiger partial charge < -0.3 is 5.73 Å². The van der Waals surface area contributed by atoms with E-state index in [0.717, 1.165) is 17.5 Å². The van der Waals surface area contributed by atoms with E-state index in [0.29, 0.717) is 12.8 Å². The summed E-state index contributed by atoms with van der Waals surface area (Å²) in [5, 5.41) is 4.05. The minimum absolute atomic E-state index is 0.173. The van der Waals surface area contributed by atoms with E-state index in [4.69, 9.17) is 5.73 Å². The summed E-state index contributed by atoms with van der Waals surface area (Å²) in [5.74, 6) is -4.44. The van der Waals surface area contributed by atoms with Gasteiger partial charge in [-0.1, -0.05) is 19.8 Å². The number of aromatic nitrogens is 2. The van der Waals surface area contributed by atoms with Crippen molar-refractivity contribution in [1.82, 2.24) is 9.78 Å². The maximum absolute atomic E-state index is 13.6. The van der Waals surface area contributed by atoms with E-state index in [1.807, 2.05) is 0 Å². The van der Waals surface area contributed by atoms with Crippen LogP contribution in [0.1, 0.15) is 73.1 Å². The maximum atomic E-state index is 13.6. The number of hydrogen-bond donors (Lipinski definition) is 1. The van der Waals surface area contributed by atoms with Gasteiger partial charge in [0.1, 0.15) is 11.3 Å². The lowest BCUT2D eigenvalue weighted by Crippen LogP contribution is -2.47. The van der Waals surface area contributed by atoms with Gasteiger partial charge in [-0.2, -0.15) is 18.3 Å². The number of nitrogens with zero attached hydrogens (tertiary/aromatic N) is 2. The van der Waals surface area contributed by atoms with Crippen molar-refractivity contribution in [3.63, 3.8) is 0 Å². The topological polar surface area (TPSA) is 60.9 Å². The van der Waals surface area contributed by atoms with Crippen LogP contribution < -0.4 is 5.73 Å². The lowest BCUT2D eigenvalue weighted by atomic mass is 9.67. The van der Waals surface area contributed by atoms with Crippen molar-refractivity contribution in [3.8, 4) is 0 Å². The van der Waals surface area contributed by atoms with Gasteiger partial charge in [0.2, 0.25) is 5.92 Å². The Morgan fingerprint density at radius 2 is 1.84 bits per heavy atom. The van der Waals surface area contributed by atoms with Crippen molar-refractivity contribution >= 4 is 5.91 Å². The van der Waals surface area contributed by atoms with Gasteiger partial charge in [-0.15, -0.1) is 0 Å². The van der Waals surface area contributed by atoms with E-state index in [9.17, 15) is 26.7 Å². The van der Waals surface area contributed by atoms with Crippen molar-refractivity contribution in [2.45, 2.75) is 70.0 Å². The molecule has 3 rings (SSSR count). The molecule has 0 unspecified atom stereocenters. The Hall–Kier alpha value is -1.67. The molecule has 0 saturated heterocycles. The van der Waals surface area contributed by atoms with Gasteiger partial charge in [-0.3, -0.25) is 9.48 Å². The highest BCUT2D eigenvalue weighted by Crippen LogP contribution is 2.53. The van der Waals surface area contributed by atoms with Crippen LogP contribution in [-0.4, -0.2) is 21.6 Å². The summed E-state index contributed by atoms with van der Waals surface area (Å²) in [4.78, 5) is 11.8. The summed E-state index contributed by atoms with van der Waals surface area (Å²) in [6.45, 7) is 1.37. The predicted octanol–water partition coefficient (Wildman–Crippen LogP) is 4.09. The van der Waals surface area contributed by atoms with E-state index in [2.05, 4.69) is 5.10 Å². The van der Waals surface area contributed by atoms with Crippen LogP contribution in [0, 0.1) is 5.41 Å². The van der Waals surface area contributed by atoms with Crippen LogP contribution >= 0.6 is 0 Å². The van der Waals surface area contributed by atoms with Gasteiger partial charge >= 0.3 is 6.18 Å². The summed E-state index contributed by atoms with van der Waals surface area (Å²) in [6, 6.07) is 0. The Morgan fingerprint density at radius 3 is 2.28 bits per heavy atom. The Morgan fingerprint density at radius 1 is 1.28 bits per heavy atom. The van der Waals surface area contributed by atoms with Crippen LogP contribution in [0.25, 0.3) is 0 Å². The minimum Gasteiger partial charge on any atom is -0.364 e. The largest absolute Gasteiger partial charge is 0.420 e. The fourth-order valence-corrected chi connectivity index (χ4v) is 4.28. The average molecular weight is 365 g/mol. The Kier molecular flexibility index (Phi) is 4.11. The van der Waals surface area contributed by atoms with Crippen LogP contribution in [0.5, 0.6) is 0 Å². The number of hydrogen-bond acceptors (Lipinski definition) is 2. The smallest absolute Gasteiger partial charge is 0.364 e. The van der Waals surface area contributed by atoms with E-state index >= 15 is 0 Å². The maximum Gasteiger partial charge on any atom is 0.420 e. The van der Waals surface area contributed by atoms with E-state index in [-0.39, 0.29) is 18.2 Å². The third-order valence-corrected chi connectivity index (χ3v) is 5.14. The quantitative estimate of drug-likeness (QED) is 0.817. The first kappa shape index (κ1) is 18.1. The third-order valence-electron chi connectivity index (χ3n) is 5.14. The molecule has 0 spiro atoms. The standard InChI is InChI=1S/C16H20F5N3O/c1-14(6-15(17,18)7-14)8-24-12(13(22)25)10(16(19,20)21)11(23-24)9-4-2-3-5-9/h9H,2-8H2,1H3,(H2,22,25). The van der Waals surface area contributed by atoms with Crippen LogP contribution in [-0.2, 0) is 12.7 Å². The molecule has 1 aromatic rings. The molecule has 25 heavy (non-hydrogen) atoms. The van der Waals surface area contributed by atoms with Crippen molar-refractivity contribution in [2.24, 2.45) is 11.1 Å². The van der Waals surface area contributed by atoms with Crippen molar-refractivity contribution in [3.05, 3.63) is 17.0 Å². The van der Waals surface area contributed by atoms with Gasteiger partial charge in [0.15, 0.2) is 0 Å². The van der Waals surface area contributed by atoms with Crippen molar-refractivity contribution < 1.29 is 26.7 Å². The number of halogens is 5. The van der Waals surface area contributed by atoms with Crippen molar-refractivity contribution in [2.75, 3.05) is 0 Å². The summed E-state index contributed by atoms with van der Waals surface area (Å²) in [5.41, 5.74) is 2.32. The van der Waals surface area contributed by atoms with Gasteiger partial charge in [-0.05, 0) is 18.3 Å². The monoisotopic (exact) mass is 365 g/mol. The zero-order valence-electron chi connectivity index (χ0n) is 13.8. The highest BCUT2D eigenvalue weighted by molar-refractivity contribution is 5.93. The molecule has 2 saturated carbocycles. The normalized spacial score (nSPS) is 22.8. The van der Waals surface area contributed by atoms with Gasteiger partial charge in [-0.25, -0.2) is 8.78 Å². The van der Waals surface area contributed by atoms with Gasteiger partial charge in [0.05, 0.1) is 5.69 Å². The number of amides is 1. The molecular weight excluding hydrogens is 345 g/mol. The number of alkyl halides is 5. The number of carbonyl (C=O) groups excluding carboxylic acids is 1. The fraction of sp³-hybridized carbons (Fsp3) is 0.750. The van der Waals surface area contributed by atoms with E-state index in [1.54, 1.807) is 6.92 Å². The molecule has 0 aliphatic heterocycles. The number of nitrogens with two attached hydrogens (primary N) is 1. The Bertz CT molecular complexity index is 681. The van der Waals surface area contributed by atoms with Gasteiger partial charge in [0.25, 0.3) is 5.91 Å². The molecule has 140 valence electrons. The van der Waals surface area contributed by atoms with Crippen LogP contribution in [0.4, 0.5) is 22.0 Å².